The first kappa shape index (κ1) is 13.4. The van der Waals surface area contributed by atoms with Crippen LogP contribution in [0.3, 0.4) is 0 Å². The Hall–Kier alpha value is -2.06. The molecule has 2 N–H and O–H groups in total. The van der Waals surface area contributed by atoms with E-state index in [-0.39, 0.29) is 17.7 Å². The lowest BCUT2D eigenvalue weighted by Crippen LogP contribution is -2.37. The molecule has 0 unspecified atom stereocenters. The number of hydrogen-bond acceptors (Lipinski definition) is 5. The summed E-state index contributed by atoms with van der Waals surface area (Å²) in [6.45, 7) is -1.27. The molecule has 6 nitrogen and oxygen atoms in total. The molecule has 1 aliphatic carbocycles. The van der Waals surface area contributed by atoms with E-state index in [1.54, 1.807) is 0 Å². The Morgan fingerprint density at radius 3 is 2.58 bits per heavy atom. The fourth-order valence-electron chi connectivity index (χ4n) is 1.77. The van der Waals surface area contributed by atoms with Crippen LogP contribution in [-0.4, -0.2) is 28.7 Å². The van der Waals surface area contributed by atoms with Gasteiger partial charge in [0, 0.05) is 12.1 Å². The number of aromatic nitrogens is 1. The molecule has 1 aliphatic rings. The van der Waals surface area contributed by atoms with Crippen LogP contribution in [0.4, 0.5) is 30.5 Å². The topological polar surface area (TPSA) is 85.3 Å². The lowest BCUT2D eigenvalue weighted by Gasteiger charge is -2.24. The van der Waals surface area contributed by atoms with E-state index < -0.39 is 23.3 Å². The maximum atomic E-state index is 12.5. The first-order chi connectivity index (χ1) is 8.78. The molecule has 2 rings (SSSR count). The molecule has 1 aromatic heterocycles. The smallest absolute Gasteiger partial charge is 0.384 e. The number of rotatable bonds is 4. The van der Waals surface area contributed by atoms with Gasteiger partial charge in [-0.15, -0.1) is 0 Å². The molecular formula is C10H11F3N4O2. The third kappa shape index (κ3) is 3.24. The van der Waals surface area contributed by atoms with Crippen LogP contribution in [0.2, 0.25) is 0 Å². The minimum Gasteiger partial charge on any atom is -0.384 e. The van der Waals surface area contributed by atoms with Gasteiger partial charge in [0.05, 0.1) is 4.92 Å². The standard InChI is InChI=1S/C10H11F3N4O2/c11-10(12,13)5-16(6-1-2-6)9-7(17(18)19)3-4-8(14)15-9/h3-4,6H,1-2,5H2,(H2,14,15). The van der Waals surface area contributed by atoms with Crippen molar-refractivity contribution >= 4 is 17.3 Å². The van der Waals surface area contributed by atoms with Gasteiger partial charge in [-0.25, -0.2) is 4.98 Å². The van der Waals surface area contributed by atoms with Crippen LogP contribution in [-0.2, 0) is 0 Å². The summed E-state index contributed by atoms with van der Waals surface area (Å²) in [5.74, 6) is -0.363. The lowest BCUT2D eigenvalue weighted by molar-refractivity contribution is -0.384. The van der Waals surface area contributed by atoms with E-state index in [0.717, 1.165) is 11.0 Å². The molecule has 1 aromatic rings. The number of alkyl halides is 3. The predicted octanol–water partition coefficient (Wildman–Crippen LogP) is 2.10. The number of nitrogens with two attached hydrogens (primary N) is 1. The zero-order chi connectivity index (χ0) is 14.2. The van der Waals surface area contributed by atoms with Gasteiger partial charge in [0.2, 0.25) is 5.82 Å². The third-order valence-corrected chi connectivity index (χ3v) is 2.68. The molecule has 1 heterocycles. The van der Waals surface area contributed by atoms with Gasteiger partial charge in [-0.2, -0.15) is 13.2 Å². The normalized spacial score (nSPS) is 15.3. The van der Waals surface area contributed by atoms with Crippen molar-refractivity contribution in [3.8, 4) is 0 Å². The minimum absolute atomic E-state index is 0.0478. The molecule has 0 aromatic carbocycles. The molecule has 0 bridgehead atoms. The Bertz CT molecular complexity index is 502. The summed E-state index contributed by atoms with van der Waals surface area (Å²) in [6, 6.07) is 1.90. The SMILES string of the molecule is Nc1ccc([N+](=O)[O-])c(N(CC(F)(F)F)C2CC2)n1. The summed E-state index contributed by atoms with van der Waals surface area (Å²) in [4.78, 5) is 14.7. The number of anilines is 2. The first-order valence-corrected chi connectivity index (χ1v) is 5.52. The van der Waals surface area contributed by atoms with E-state index in [0.29, 0.717) is 12.8 Å². The largest absolute Gasteiger partial charge is 0.405 e. The maximum Gasteiger partial charge on any atom is 0.405 e. The van der Waals surface area contributed by atoms with Gasteiger partial charge in [0.25, 0.3) is 0 Å². The highest BCUT2D eigenvalue weighted by molar-refractivity contribution is 5.62. The molecule has 0 saturated heterocycles. The van der Waals surface area contributed by atoms with Crippen molar-refractivity contribution in [2.75, 3.05) is 17.2 Å². The summed E-state index contributed by atoms with van der Waals surface area (Å²) in [7, 11) is 0. The third-order valence-electron chi connectivity index (χ3n) is 2.68. The highest BCUT2D eigenvalue weighted by Crippen LogP contribution is 2.37. The zero-order valence-corrected chi connectivity index (χ0v) is 9.72. The molecule has 19 heavy (non-hydrogen) atoms. The monoisotopic (exact) mass is 276 g/mol. The Balaban J connectivity index is 2.40. The van der Waals surface area contributed by atoms with Gasteiger partial charge in [-0.3, -0.25) is 10.1 Å². The van der Waals surface area contributed by atoms with Crippen LogP contribution in [0.1, 0.15) is 12.8 Å². The van der Waals surface area contributed by atoms with E-state index in [4.69, 9.17) is 5.73 Å². The number of hydrogen-bond donors (Lipinski definition) is 1. The fourth-order valence-corrected chi connectivity index (χ4v) is 1.77. The highest BCUT2D eigenvalue weighted by atomic mass is 19.4. The Morgan fingerprint density at radius 2 is 2.11 bits per heavy atom. The number of pyridine rings is 1. The lowest BCUT2D eigenvalue weighted by atomic mass is 10.3. The fraction of sp³-hybridized carbons (Fsp3) is 0.500. The molecule has 1 saturated carbocycles. The van der Waals surface area contributed by atoms with E-state index in [1.165, 1.54) is 6.07 Å². The summed E-state index contributed by atoms with van der Waals surface area (Å²) in [5, 5.41) is 10.9. The number of halogens is 3. The van der Waals surface area contributed by atoms with E-state index in [1.807, 2.05) is 0 Å². The first-order valence-electron chi connectivity index (χ1n) is 5.52. The second-order valence-corrected chi connectivity index (χ2v) is 4.31. The number of nitro groups is 1. The summed E-state index contributed by atoms with van der Waals surface area (Å²) in [5.41, 5.74) is 4.94. The Kier molecular flexibility index (Phi) is 3.21. The molecule has 9 heteroatoms. The maximum absolute atomic E-state index is 12.5. The van der Waals surface area contributed by atoms with Crippen molar-refractivity contribution in [1.82, 2.24) is 4.98 Å². The molecule has 0 radical (unpaired) electrons. The summed E-state index contributed by atoms with van der Waals surface area (Å²) in [6.07, 6.45) is -3.34. The van der Waals surface area contributed by atoms with Gasteiger partial charge >= 0.3 is 11.9 Å². The van der Waals surface area contributed by atoms with Crippen LogP contribution in [0.15, 0.2) is 12.1 Å². The van der Waals surface area contributed by atoms with Gasteiger partial charge in [-0.1, -0.05) is 0 Å². The molecule has 0 spiro atoms. The summed E-state index contributed by atoms with van der Waals surface area (Å²) < 4.78 is 37.6. The van der Waals surface area contributed by atoms with E-state index in [9.17, 15) is 23.3 Å². The average molecular weight is 276 g/mol. The van der Waals surface area contributed by atoms with Crippen LogP contribution < -0.4 is 10.6 Å². The highest BCUT2D eigenvalue weighted by Gasteiger charge is 2.41. The molecule has 0 atom stereocenters. The van der Waals surface area contributed by atoms with Crippen LogP contribution >= 0.6 is 0 Å². The van der Waals surface area contributed by atoms with Gasteiger partial charge in [0.1, 0.15) is 12.4 Å². The average Bonchev–Trinajstić information content (AvgIpc) is 3.07. The molecule has 0 amide bonds. The van der Waals surface area contributed by atoms with Crippen LogP contribution in [0.5, 0.6) is 0 Å². The van der Waals surface area contributed by atoms with Crippen molar-refractivity contribution < 1.29 is 18.1 Å². The molecular weight excluding hydrogens is 265 g/mol. The van der Waals surface area contributed by atoms with Crippen molar-refractivity contribution in [1.29, 1.82) is 0 Å². The summed E-state index contributed by atoms with van der Waals surface area (Å²) >= 11 is 0. The second kappa shape index (κ2) is 4.56. The van der Waals surface area contributed by atoms with E-state index >= 15 is 0 Å². The van der Waals surface area contributed by atoms with Gasteiger partial charge in [0.15, 0.2) is 0 Å². The number of nitrogens with zero attached hydrogens (tertiary/aromatic N) is 3. The van der Waals surface area contributed by atoms with Gasteiger partial charge in [-0.05, 0) is 18.9 Å². The van der Waals surface area contributed by atoms with Crippen molar-refractivity contribution in [2.24, 2.45) is 0 Å². The van der Waals surface area contributed by atoms with Gasteiger partial charge < -0.3 is 10.6 Å². The minimum atomic E-state index is -4.46. The van der Waals surface area contributed by atoms with Crippen molar-refractivity contribution in [3.63, 3.8) is 0 Å². The van der Waals surface area contributed by atoms with Crippen molar-refractivity contribution in [3.05, 3.63) is 22.2 Å². The van der Waals surface area contributed by atoms with Crippen LogP contribution in [0.25, 0.3) is 0 Å². The van der Waals surface area contributed by atoms with E-state index in [2.05, 4.69) is 4.98 Å². The Morgan fingerprint density at radius 1 is 1.47 bits per heavy atom. The molecule has 104 valence electrons. The molecule has 0 aliphatic heterocycles. The second-order valence-electron chi connectivity index (χ2n) is 4.31. The quantitative estimate of drug-likeness (QED) is 0.672. The van der Waals surface area contributed by atoms with Crippen LogP contribution in [0, 0.1) is 10.1 Å². The zero-order valence-electron chi connectivity index (χ0n) is 9.72. The Labute approximate surface area is 106 Å². The number of nitrogen functional groups attached to an aromatic ring is 1. The van der Waals surface area contributed by atoms with Crippen molar-refractivity contribution in [2.45, 2.75) is 25.1 Å². The molecule has 1 fully saturated rings. The predicted molar refractivity (Wildman–Crippen MR) is 61.7 cm³/mol.